The SMILES string of the molecule is CN1c2ccccc2S(=O)(=O)c2ccc(C(CC3CCOCC3)C(=O)NC3=NC(=O)CS3)cc21. The second-order valence-corrected chi connectivity index (χ2v) is 11.5. The summed E-state index contributed by atoms with van der Waals surface area (Å²) in [6.45, 7) is 1.33. The summed E-state index contributed by atoms with van der Waals surface area (Å²) in [5.41, 5.74) is 1.88. The van der Waals surface area contributed by atoms with Gasteiger partial charge in [0.15, 0.2) is 5.17 Å². The van der Waals surface area contributed by atoms with Crippen LogP contribution in [0.1, 0.15) is 30.7 Å². The van der Waals surface area contributed by atoms with Crippen LogP contribution in [0, 0.1) is 5.92 Å². The van der Waals surface area contributed by atoms with Crippen LogP contribution in [0.15, 0.2) is 57.2 Å². The lowest BCUT2D eigenvalue weighted by Gasteiger charge is -2.31. The number of nitrogens with one attached hydrogen (secondary N) is 1. The molecule has 1 fully saturated rings. The summed E-state index contributed by atoms with van der Waals surface area (Å²) >= 11 is 1.21. The number of carbonyl (C=O) groups is 2. The number of sulfone groups is 1. The Balaban J connectivity index is 1.51. The van der Waals surface area contributed by atoms with E-state index in [4.69, 9.17) is 4.74 Å². The average Bonchev–Trinajstić information content (AvgIpc) is 3.26. The van der Waals surface area contributed by atoms with Crippen molar-refractivity contribution in [2.24, 2.45) is 10.9 Å². The number of benzene rings is 2. The summed E-state index contributed by atoms with van der Waals surface area (Å²) in [5.74, 6) is -0.487. The molecule has 8 nitrogen and oxygen atoms in total. The third-order valence-electron chi connectivity index (χ3n) is 6.57. The maximum absolute atomic E-state index is 13.4. The number of nitrogens with zero attached hydrogens (tertiary/aromatic N) is 2. The summed E-state index contributed by atoms with van der Waals surface area (Å²) in [5, 5.41) is 3.13. The van der Waals surface area contributed by atoms with E-state index in [9.17, 15) is 18.0 Å². The molecule has 2 aromatic carbocycles. The molecule has 1 saturated heterocycles. The fraction of sp³-hybridized carbons (Fsp3) is 0.375. The Bertz CT molecular complexity index is 1290. The van der Waals surface area contributed by atoms with Crippen LogP contribution < -0.4 is 10.2 Å². The second kappa shape index (κ2) is 9.16. The molecule has 2 amide bonds. The Morgan fingerprint density at radius 2 is 1.91 bits per heavy atom. The number of ether oxygens (including phenoxy) is 1. The number of thioether (sulfide) groups is 1. The number of carbonyl (C=O) groups excluding carboxylic acids is 2. The van der Waals surface area contributed by atoms with Gasteiger partial charge in [0, 0.05) is 20.3 Å². The summed E-state index contributed by atoms with van der Waals surface area (Å²) in [6.07, 6.45) is 2.34. The van der Waals surface area contributed by atoms with E-state index in [-0.39, 0.29) is 27.4 Å². The lowest BCUT2D eigenvalue weighted by Crippen LogP contribution is -2.34. The quantitative estimate of drug-likeness (QED) is 0.688. The van der Waals surface area contributed by atoms with Crippen LogP contribution in [-0.2, 0) is 24.2 Å². The molecule has 0 radical (unpaired) electrons. The fourth-order valence-electron chi connectivity index (χ4n) is 4.72. The highest BCUT2D eigenvalue weighted by molar-refractivity contribution is 8.14. The molecule has 178 valence electrons. The molecule has 0 aliphatic carbocycles. The molecule has 0 aromatic heterocycles. The highest BCUT2D eigenvalue weighted by Crippen LogP contribution is 2.44. The first-order valence-corrected chi connectivity index (χ1v) is 13.7. The number of amides is 2. The maximum Gasteiger partial charge on any atom is 0.258 e. The molecular formula is C24H25N3O5S2. The summed E-state index contributed by atoms with van der Waals surface area (Å²) in [6, 6.07) is 12.1. The molecule has 3 aliphatic heterocycles. The lowest BCUT2D eigenvalue weighted by atomic mass is 9.84. The van der Waals surface area contributed by atoms with Crippen LogP contribution in [0.3, 0.4) is 0 Å². The predicted molar refractivity (Wildman–Crippen MR) is 130 cm³/mol. The third kappa shape index (κ3) is 4.25. The molecule has 1 unspecified atom stereocenters. The molecule has 10 heteroatoms. The van der Waals surface area contributed by atoms with Crippen molar-refractivity contribution in [3.63, 3.8) is 0 Å². The molecule has 0 saturated carbocycles. The van der Waals surface area contributed by atoms with Gasteiger partial charge in [0.2, 0.25) is 15.7 Å². The highest BCUT2D eigenvalue weighted by Gasteiger charge is 2.34. The number of rotatable bonds is 4. The van der Waals surface area contributed by atoms with E-state index < -0.39 is 15.8 Å². The fourth-order valence-corrected chi connectivity index (χ4v) is 7.08. The van der Waals surface area contributed by atoms with E-state index in [0.29, 0.717) is 42.1 Å². The van der Waals surface area contributed by atoms with E-state index in [1.807, 2.05) is 18.0 Å². The third-order valence-corrected chi connectivity index (χ3v) is 9.27. The minimum atomic E-state index is -3.67. The first-order chi connectivity index (χ1) is 16.3. The van der Waals surface area contributed by atoms with E-state index in [2.05, 4.69) is 10.3 Å². The summed E-state index contributed by atoms with van der Waals surface area (Å²) in [4.78, 5) is 31.1. The van der Waals surface area contributed by atoms with Gasteiger partial charge in [-0.25, -0.2) is 8.42 Å². The first-order valence-electron chi connectivity index (χ1n) is 11.2. The van der Waals surface area contributed by atoms with E-state index in [0.717, 1.165) is 18.4 Å². The lowest BCUT2D eigenvalue weighted by molar-refractivity contribution is -0.121. The van der Waals surface area contributed by atoms with Crippen molar-refractivity contribution in [3.8, 4) is 0 Å². The first kappa shape index (κ1) is 23.1. The largest absolute Gasteiger partial charge is 0.381 e. The van der Waals surface area contributed by atoms with Gasteiger partial charge in [0.05, 0.1) is 32.8 Å². The van der Waals surface area contributed by atoms with Crippen LogP contribution in [0.25, 0.3) is 0 Å². The number of anilines is 2. The molecule has 3 heterocycles. The van der Waals surface area contributed by atoms with Crippen molar-refractivity contribution >= 4 is 50.0 Å². The van der Waals surface area contributed by atoms with Gasteiger partial charge in [-0.3, -0.25) is 9.59 Å². The number of hydrogen-bond acceptors (Lipinski definition) is 7. The number of aliphatic imine (C=N–C) groups is 1. The van der Waals surface area contributed by atoms with Gasteiger partial charge in [-0.1, -0.05) is 30.0 Å². The van der Waals surface area contributed by atoms with Crippen molar-refractivity contribution in [3.05, 3.63) is 48.0 Å². The van der Waals surface area contributed by atoms with Gasteiger partial charge in [-0.15, -0.1) is 0 Å². The molecule has 5 rings (SSSR count). The van der Waals surface area contributed by atoms with Crippen LogP contribution >= 0.6 is 11.8 Å². The molecule has 1 atom stereocenters. The minimum Gasteiger partial charge on any atom is -0.381 e. The van der Waals surface area contributed by atoms with Gasteiger partial charge >= 0.3 is 0 Å². The topological polar surface area (TPSA) is 105 Å². The smallest absolute Gasteiger partial charge is 0.258 e. The summed E-state index contributed by atoms with van der Waals surface area (Å²) in [7, 11) is -1.84. The maximum atomic E-state index is 13.4. The van der Waals surface area contributed by atoms with Crippen molar-refractivity contribution in [1.82, 2.24) is 5.32 Å². The normalized spacial score (nSPS) is 20.3. The Morgan fingerprint density at radius 1 is 1.18 bits per heavy atom. The van der Waals surface area contributed by atoms with Crippen molar-refractivity contribution in [2.75, 3.05) is 30.9 Å². The minimum absolute atomic E-state index is 0.223. The highest BCUT2D eigenvalue weighted by atomic mass is 32.2. The molecule has 0 spiro atoms. The van der Waals surface area contributed by atoms with E-state index >= 15 is 0 Å². The van der Waals surface area contributed by atoms with Gasteiger partial charge in [0.1, 0.15) is 0 Å². The number of amidine groups is 1. The van der Waals surface area contributed by atoms with Gasteiger partial charge < -0.3 is 15.0 Å². The molecule has 0 bridgehead atoms. The number of para-hydroxylation sites is 1. The average molecular weight is 500 g/mol. The standard InChI is InChI=1S/C24H25N3O5S2/c1-27-18-4-2-3-5-20(18)34(30,31)21-7-6-16(13-19(21)27)17(12-15-8-10-32-11-9-15)23(29)26-24-25-22(28)14-33-24/h2-7,13,15,17H,8-12,14H2,1H3,(H,25,26,28,29). The molecule has 34 heavy (non-hydrogen) atoms. The van der Waals surface area contributed by atoms with Gasteiger partial charge in [-0.2, -0.15) is 4.99 Å². The van der Waals surface area contributed by atoms with Crippen molar-refractivity contribution < 1.29 is 22.7 Å². The van der Waals surface area contributed by atoms with Crippen LogP contribution in [-0.4, -0.2) is 51.4 Å². The Hall–Kier alpha value is -2.69. The summed E-state index contributed by atoms with van der Waals surface area (Å²) < 4.78 is 32.0. The molecule has 2 aromatic rings. The Kier molecular flexibility index (Phi) is 6.22. The van der Waals surface area contributed by atoms with Crippen LogP contribution in [0.2, 0.25) is 0 Å². The zero-order chi connectivity index (χ0) is 23.9. The van der Waals surface area contributed by atoms with Crippen molar-refractivity contribution in [2.45, 2.75) is 35.0 Å². The van der Waals surface area contributed by atoms with E-state index in [1.54, 1.807) is 36.4 Å². The molecular weight excluding hydrogens is 474 g/mol. The van der Waals surface area contributed by atoms with Gasteiger partial charge in [0.25, 0.3) is 5.91 Å². The Morgan fingerprint density at radius 3 is 2.65 bits per heavy atom. The van der Waals surface area contributed by atoms with Crippen molar-refractivity contribution in [1.29, 1.82) is 0 Å². The zero-order valence-electron chi connectivity index (χ0n) is 18.7. The monoisotopic (exact) mass is 499 g/mol. The van der Waals surface area contributed by atoms with E-state index in [1.165, 1.54) is 11.8 Å². The second-order valence-electron chi connectivity index (χ2n) is 8.69. The molecule has 1 N–H and O–H groups in total. The van der Waals surface area contributed by atoms with Crippen LogP contribution in [0.4, 0.5) is 11.4 Å². The van der Waals surface area contributed by atoms with Crippen LogP contribution in [0.5, 0.6) is 0 Å². The molecule has 3 aliphatic rings. The van der Waals surface area contributed by atoms with Gasteiger partial charge in [-0.05, 0) is 55.0 Å². The number of fused-ring (bicyclic) bond motifs is 2. The number of hydrogen-bond donors (Lipinski definition) is 1. The Labute approximate surface area is 202 Å². The zero-order valence-corrected chi connectivity index (χ0v) is 20.3. The predicted octanol–water partition coefficient (Wildman–Crippen LogP) is 3.25.